The molecule has 2 N–H and O–H groups in total. The topological polar surface area (TPSA) is 107 Å². The molecule has 0 aromatic rings. The molecule has 110 valence electrons. The highest BCUT2D eigenvalue weighted by Crippen LogP contribution is 2.20. The maximum atomic E-state index is 12.3. The van der Waals surface area contributed by atoms with E-state index in [1.807, 2.05) is 0 Å². The molecule has 8 heteroatoms. The number of nitrogens with zero attached hydrogens (tertiary/aromatic N) is 2. The first-order valence-electron chi connectivity index (χ1n) is 5.93. The molecule has 4 amide bonds. The second kappa shape index (κ2) is 5.72. The summed E-state index contributed by atoms with van der Waals surface area (Å²) in [6.07, 6.45) is 1.37. The molecule has 1 saturated heterocycles. The van der Waals surface area contributed by atoms with Gasteiger partial charge >= 0.3 is 12.0 Å². The van der Waals surface area contributed by atoms with Crippen molar-refractivity contribution < 1.29 is 24.3 Å². The molecule has 1 fully saturated rings. The molecule has 20 heavy (non-hydrogen) atoms. The lowest BCUT2D eigenvalue weighted by Crippen LogP contribution is -2.67. The Hall–Kier alpha value is -2.38. The molecule has 0 spiro atoms. The van der Waals surface area contributed by atoms with Crippen LogP contribution in [0.25, 0.3) is 0 Å². The molecule has 1 aliphatic heterocycles. The van der Waals surface area contributed by atoms with Gasteiger partial charge in [-0.2, -0.15) is 0 Å². The normalized spacial score (nSPS) is 17.4. The van der Waals surface area contributed by atoms with Crippen molar-refractivity contribution in [2.75, 3.05) is 19.6 Å². The molecule has 0 unspecified atom stereocenters. The number of nitrogens with one attached hydrogen (secondary N) is 1. The Balaban J connectivity index is 3.01. The van der Waals surface area contributed by atoms with E-state index in [9.17, 15) is 19.2 Å². The number of urea groups is 1. The van der Waals surface area contributed by atoms with Crippen LogP contribution in [0.15, 0.2) is 12.7 Å². The highest BCUT2D eigenvalue weighted by Gasteiger charge is 2.44. The predicted octanol–water partition coefficient (Wildman–Crippen LogP) is -0.584. The lowest BCUT2D eigenvalue weighted by atomic mass is 9.99. The number of aliphatic carboxylic acids is 1. The minimum Gasteiger partial charge on any atom is -0.480 e. The van der Waals surface area contributed by atoms with Gasteiger partial charge in [-0.3, -0.25) is 19.7 Å². The molecule has 0 saturated carbocycles. The van der Waals surface area contributed by atoms with E-state index in [-0.39, 0.29) is 13.1 Å². The molecule has 8 nitrogen and oxygen atoms in total. The summed E-state index contributed by atoms with van der Waals surface area (Å²) in [4.78, 5) is 48.3. The number of rotatable bonds is 4. The number of carbonyl (C=O) groups excluding carboxylic acids is 3. The van der Waals surface area contributed by atoms with E-state index >= 15 is 0 Å². The average molecular weight is 283 g/mol. The van der Waals surface area contributed by atoms with Crippen LogP contribution < -0.4 is 5.32 Å². The van der Waals surface area contributed by atoms with Crippen molar-refractivity contribution in [1.82, 2.24) is 15.1 Å². The van der Waals surface area contributed by atoms with Crippen molar-refractivity contribution in [2.24, 2.45) is 0 Å². The average Bonchev–Trinajstić information content (AvgIpc) is 2.32. The smallest absolute Gasteiger partial charge is 0.323 e. The summed E-state index contributed by atoms with van der Waals surface area (Å²) >= 11 is 0. The van der Waals surface area contributed by atoms with Gasteiger partial charge in [0.05, 0.1) is 0 Å². The molecule has 0 aromatic heterocycles. The summed E-state index contributed by atoms with van der Waals surface area (Å²) in [6.45, 7) is 5.59. The fourth-order valence-electron chi connectivity index (χ4n) is 1.79. The first-order chi connectivity index (χ1) is 9.20. The van der Waals surface area contributed by atoms with Crippen molar-refractivity contribution in [3.63, 3.8) is 0 Å². The van der Waals surface area contributed by atoms with E-state index in [0.29, 0.717) is 0 Å². The van der Waals surface area contributed by atoms with Crippen LogP contribution in [0.1, 0.15) is 13.8 Å². The molecule has 0 atom stereocenters. The monoisotopic (exact) mass is 283 g/mol. The van der Waals surface area contributed by atoms with Crippen LogP contribution in [0.3, 0.4) is 0 Å². The van der Waals surface area contributed by atoms with Gasteiger partial charge in [0.2, 0.25) is 5.91 Å². The van der Waals surface area contributed by atoms with Crippen molar-refractivity contribution in [2.45, 2.75) is 19.4 Å². The van der Waals surface area contributed by atoms with Crippen LogP contribution in [0.4, 0.5) is 4.79 Å². The number of amides is 4. The number of hydrogen-bond acceptors (Lipinski definition) is 4. The molecule has 0 aromatic carbocycles. The summed E-state index contributed by atoms with van der Waals surface area (Å²) < 4.78 is 0. The van der Waals surface area contributed by atoms with Gasteiger partial charge in [-0.25, -0.2) is 4.79 Å². The van der Waals surface area contributed by atoms with Crippen molar-refractivity contribution in [1.29, 1.82) is 0 Å². The number of hydrogen-bond donors (Lipinski definition) is 2. The van der Waals surface area contributed by atoms with Crippen molar-refractivity contribution in [3.8, 4) is 0 Å². The van der Waals surface area contributed by atoms with Gasteiger partial charge in [-0.15, -0.1) is 6.58 Å². The summed E-state index contributed by atoms with van der Waals surface area (Å²) in [5.74, 6) is -2.39. The summed E-state index contributed by atoms with van der Waals surface area (Å²) in [5, 5.41) is 10.9. The third kappa shape index (κ3) is 3.14. The van der Waals surface area contributed by atoms with Gasteiger partial charge in [0.1, 0.15) is 18.6 Å². The van der Waals surface area contributed by atoms with E-state index in [4.69, 9.17) is 5.11 Å². The fourth-order valence-corrected chi connectivity index (χ4v) is 1.79. The zero-order chi connectivity index (χ0) is 15.5. The highest BCUT2D eigenvalue weighted by atomic mass is 16.4. The molecule has 0 aliphatic carbocycles. The van der Waals surface area contributed by atoms with Crippen LogP contribution in [0.5, 0.6) is 0 Å². The number of carboxylic acids is 1. The Morgan fingerprint density at radius 2 is 2.10 bits per heavy atom. The summed E-state index contributed by atoms with van der Waals surface area (Å²) in [7, 11) is 0. The van der Waals surface area contributed by atoms with Crippen LogP contribution in [0.2, 0.25) is 0 Å². The Morgan fingerprint density at radius 3 is 2.60 bits per heavy atom. The van der Waals surface area contributed by atoms with Gasteiger partial charge in [-0.05, 0) is 13.8 Å². The highest BCUT2D eigenvalue weighted by molar-refractivity contribution is 6.06. The maximum absolute atomic E-state index is 12.3. The summed E-state index contributed by atoms with van der Waals surface area (Å²) in [6, 6.07) is -0.694. The fraction of sp³-hybridized carbons (Fsp3) is 0.500. The Kier molecular flexibility index (Phi) is 4.49. The van der Waals surface area contributed by atoms with E-state index < -0.39 is 35.9 Å². The van der Waals surface area contributed by atoms with Gasteiger partial charge < -0.3 is 14.9 Å². The van der Waals surface area contributed by atoms with Crippen molar-refractivity contribution >= 4 is 23.8 Å². The van der Waals surface area contributed by atoms with E-state index in [2.05, 4.69) is 11.9 Å². The van der Waals surface area contributed by atoms with Gasteiger partial charge in [0, 0.05) is 6.54 Å². The molecular weight excluding hydrogens is 266 g/mol. The standard InChI is InChI=1S/C12H17N3O5/c1-4-5-14(7-9(17)18)11(20)15-6-8(16)13-10(19)12(15,2)3/h4H,1,5-7H2,2-3H3,(H,17,18)(H,13,16,19). The SMILES string of the molecule is C=CCN(CC(=O)O)C(=O)N1CC(=O)NC(=O)C1(C)C. The predicted molar refractivity (Wildman–Crippen MR) is 68.7 cm³/mol. The molecule has 1 aliphatic rings. The van der Waals surface area contributed by atoms with Gasteiger partial charge in [0.15, 0.2) is 0 Å². The van der Waals surface area contributed by atoms with E-state index in [1.54, 1.807) is 0 Å². The Labute approximate surface area is 116 Å². The Bertz CT molecular complexity index is 472. The first kappa shape index (κ1) is 15.7. The lowest BCUT2D eigenvalue weighted by Gasteiger charge is -2.42. The van der Waals surface area contributed by atoms with Crippen molar-refractivity contribution in [3.05, 3.63) is 12.7 Å². The van der Waals surface area contributed by atoms with Crippen LogP contribution >= 0.6 is 0 Å². The number of carboxylic acid groups (broad SMARTS) is 1. The van der Waals surface area contributed by atoms with Crippen LogP contribution in [0, 0.1) is 0 Å². The van der Waals surface area contributed by atoms with E-state index in [1.165, 1.54) is 19.9 Å². The Morgan fingerprint density at radius 1 is 1.50 bits per heavy atom. The third-order valence-corrected chi connectivity index (χ3v) is 2.96. The molecule has 0 bridgehead atoms. The maximum Gasteiger partial charge on any atom is 0.323 e. The zero-order valence-electron chi connectivity index (χ0n) is 11.4. The molecule has 0 radical (unpaired) electrons. The zero-order valence-corrected chi connectivity index (χ0v) is 11.4. The van der Waals surface area contributed by atoms with E-state index in [0.717, 1.165) is 9.80 Å². The lowest BCUT2D eigenvalue weighted by molar-refractivity contribution is -0.143. The summed E-state index contributed by atoms with van der Waals surface area (Å²) in [5.41, 5.74) is -1.23. The second-order valence-electron chi connectivity index (χ2n) is 4.87. The molecule has 1 heterocycles. The number of imide groups is 1. The minimum atomic E-state index is -1.23. The molecule has 1 rings (SSSR count). The van der Waals surface area contributed by atoms with Crippen LogP contribution in [-0.4, -0.2) is 63.9 Å². The third-order valence-electron chi connectivity index (χ3n) is 2.96. The largest absolute Gasteiger partial charge is 0.480 e. The quantitative estimate of drug-likeness (QED) is 0.530. The second-order valence-corrected chi connectivity index (χ2v) is 4.87. The first-order valence-corrected chi connectivity index (χ1v) is 5.93. The number of carbonyl (C=O) groups is 4. The van der Waals surface area contributed by atoms with Gasteiger partial charge in [-0.1, -0.05) is 6.08 Å². The number of piperazine rings is 1. The minimum absolute atomic E-state index is 0.00746. The van der Waals surface area contributed by atoms with Gasteiger partial charge in [0.25, 0.3) is 5.91 Å². The van der Waals surface area contributed by atoms with Crippen LogP contribution in [-0.2, 0) is 14.4 Å². The molecular formula is C12H17N3O5.